The number of ether oxygens (including phenoxy) is 1. The molecule has 0 aromatic heterocycles. The van der Waals surface area contributed by atoms with Crippen LogP contribution in [0.1, 0.15) is 40.5 Å². The molecule has 0 radical (unpaired) electrons. The zero-order valence-electron chi connectivity index (χ0n) is 9.04. The van der Waals surface area contributed by atoms with Gasteiger partial charge in [-0.2, -0.15) is 0 Å². The Morgan fingerprint density at radius 1 is 1.38 bits per heavy atom. The molecular weight excluding hydrogens is 164 g/mol. The molecule has 0 saturated carbocycles. The maximum absolute atomic E-state index is 10.7. The first-order valence-electron chi connectivity index (χ1n) is 4.86. The third-order valence-corrected chi connectivity index (χ3v) is 1.75. The van der Waals surface area contributed by atoms with Crippen molar-refractivity contribution in [1.29, 1.82) is 0 Å². The zero-order chi connectivity index (χ0) is 10.3. The first-order valence-corrected chi connectivity index (χ1v) is 4.86. The van der Waals surface area contributed by atoms with Gasteiger partial charge in [-0.15, -0.1) is 0 Å². The van der Waals surface area contributed by atoms with Gasteiger partial charge in [-0.05, 0) is 31.8 Å². The van der Waals surface area contributed by atoms with Gasteiger partial charge in [0.05, 0.1) is 0 Å². The molecule has 0 rings (SSSR count). The van der Waals surface area contributed by atoms with Crippen LogP contribution in [0, 0.1) is 5.92 Å². The van der Waals surface area contributed by atoms with Crippen molar-refractivity contribution in [2.75, 3.05) is 0 Å². The van der Waals surface area contributed by atoms with Gasteiger partial charge in [-0.3, -0.25) is 4.79 Å². The van der Waals surface area contributed by atoms with Gasteiger partial charge in [-0.1, -0.05) is 19.9 Å². The molecule has 0 aliphatic carbocycles. The van der Waals surface area contributed by atoms with Crippen LogP contribution in [0.3, 0.4) is 0 Å². The molecule has 0 aromatic rings. The average Bonchev–Trinajstić information content (AvgIpc) is 1.99. The molecule has 0 aromatic carbocycles. The quantitative estimate of drug-likeness (QED) is 0.485. The van der Waals surface area contributed by atoms with Crippen LogP contribution in [0.25, 0.3) is 0 Å². The number of carbonyl (C=O) groups is 1. The molecule has 2 nitrogen and oxygen atoms in total. The van der Waals surface area contributed by atoms with Gasteiger partial charge in [0.2, 0.25) is 0 Å². The molecule has 0 heterocycles. The average molecular weight is 184 g/mol. The van der Waals surface area contributed by atoms with E-state index in [0.717, 1.165) is 12.8 Å². The Morgan fingerprint density at radius 2 is 2.00 bits per heavy atom. The van der Waals surface area contributed by atoms with Gasteiger partial charge in [-0.25, -0.2) is 0 Å². The van der Waals surface area contributed by atoms with Crippen molar-refractivity contribution in [2.24, 2.45) is 5.92 Å². The lowest BCUT2D eigenvalue weighted by atomic mass is 10.0. The van der Waals surface area contributed by atoms with Crippen LogP contribution in [0.15, 0.2) is 12.2 Å². The third kappa shape index (κ3) is 7.57. The molecule has 0 amide bonds. The lowest BCUT2D eigenvalue weighted by Crippen LogP contribution is -2.14. The van der Waals surface area contributed by atoms with Crippen LogP contribution in [0.4, 0.5) is 0 Å². The lowest BCUT2D eigenvalue weighted by molar-refractivity contribution is -0.144. The molecule has 0 spiro atoms. The molecule has 1 atom stereocenters. The van der Waals surface area contributed by atoms with Crippen molar-refractivity contribution in [3.8, 4) is 0 Å². The van der Waals surface area contributed by atoms with Gasteiger partial charge in [0.25, 0.3) is 0 Å². The lowest BCUT2D eigenvalue weighted by Gasteiger charge is -2.13. The maximum Gasteiger partial charge on any atom is 0.303 e. The van der Waals surface area contributed by atoms with E-state index in [1.807, 2.05) is 19.1 Å². The number of esters is 1. The fourth-order valence-electron chi connectivity index (χ4n) is 1.12. The number of rotatable bonds is 5. The summed E-state index contributed by atoms with van der Waals surface area (Å²) in [7, 11) is 0. The predicted molar refractivity (Wildman–Crippen MR) is 54.4 cm³/mol. The first kappa shape index (κ1) is 12.2. The second kappa shape index (κ2) is 6.70. The Balaban J connectivity index is 3.87. The Hall–Kier alpha value is -0.790. The predicted octanol–water partition coefficient (Wildman–Crippen LogP) is 2.93. The summed E-state index contributed by atoms with van der Waals surface area (Å²) in [6.07, 6.45) is 5.83. The summed E-state index contributed by atoms with van der Waals surface area (Å²) in [6.45, 7) is 7.72. The molecule has 1 unspecified atom stereocenters. The normalized spacial score (nSPS) is 13.6. The highest BCUT2D eigenvalue weighted by molar-refractivity contribution is 5.66. The SMILES string of the molecule is CC=CC(CCC(C)C)OC(C)=O. The number of hydrogen-bond donors (Lipinski definition) is 0. The van der Waals surface area contributed by atoms with Crippen LogP contribution in [0.2, 0.25) is 0 Å². The van der Waals surface area contributed by atoms with Crippen molar-refractivity contribution in [1.82, 2.24) is 0 Å². The monoisotopic (exact) mass is 184 g/mol. The van der Waals surface area contributed by atoms with Gasteiger partial charge in [0.1, 0.15) is 6.10 Å². The minimum Gasteiger partial charge on any atom is -0.458 e. The summed E-state index contributed by atoms with van der Waals surface area (Å²) in [5.74, 6) is 0.454. The topological polar surface area (TPSA) is 26.3 Å². The van der Waals surface area contributed by atoms with E-state index in [4.69, 9.17) is 4.74 Å². The van der Waals surface area contributed by atoms with E-state index in [9.17, 15) is 4.79 Å². The van der Waals surface area contributed by atoms with Crippen molar-refractivity contribution < 1.29 is 9.53 Å². The summed E-state index contributed by atoms with van der Waals surface area (Å²) in [5.41, 5.74) is 0. The van der Waals surface area contributed by atoms with E-state index in [2.05, 4.69) is 13.8 Å². The van der Waals surface area contributed by atoms with Crippen LogP contribution in [-0.2, 0) is 9.53 Å². The van der Waals surface area contributed by atoms with E-state index < -0.39 is 0 Å². The van der Waals surface area contributed by atoms with Crippen molar-refractivity contribution in [3.05, 3.63) is 12.2 Å². The molecule has 0 bridgehead atoms. The van der Waals surface area contributed by atoms with E-state index in [0.29, 0.717) is 5.92 Å². The Labute approximate surface area is 81.0 Å². The van der Waals surface area contributed by atoms with E-state index in [-0.39, 0.29) is 12.1 Å². The highest BCUT2D eigenvalue weighted by Gasteiger charge is 2.08. The summed E-state index contributed by atoms with van der Waals surface area (Å²) in [4.78, 5) is 10.7. The fourth-order valence-corrected chi connectivity index (χ4v) is 1.12. The number of carbonyl (C=O) groups excluding carboxylic acids is 1. The highest BCUT2D eigenvalue weighted by atomic mass is 16.5. The van der Waals surface area contributed by atoms with E-state index >= 15 is 0 Å². The number of allylic oxidation sites excluding steroid dienone is 1. The van der Waals surface area contributed by atoms with Gasteiger partial charge >= 0.3 is 5.97 Å². The molecular formula is C11H20O2. The summed E-state index contributed by atoms with van der Waals surface area (Å²) < 4.78 is 5.12. The largest absolute Gasteiger partial charge is 0.458 e. The Bertz CT molecular complexity index is 171. The van der Waals surface area contributed by atoms with Crippen LogP contribution < -0.4 is 0 Å². The molecule has 0 aliphatic rings. The standard InChI is InChI=1S/C11H20O2/c1-5-6-11(13-10(4)12)8-7-9(2)3/h5-6,9,11H,7-8H2,1-4H3. The first-order chi connectivity index (χ1) is 6.06. The van der Waals surface area contributed by atoms with Crippen molar-refractivity contribution in [2.45, 2.75) is 46.6 Å². The van der Waals surface area contributed by atoms with Crippen LogP contribution in [-0.4, -0.2) is 12.1 Å². The summed E-state index contributed by atoms with van der Waals surface area (Å²) >= 11 is 0. The van der Waals surface area contributed by atoms with Crippen molar-refractivity contribution in [3.63, 3.8) is 0 Å². The molecule has 13 heavy (non-hydrogen) atoms. The summed E-state index contributed by atoms with van der Waals surface area (Å²) in [5, 5.41) is 0. The molecule has 0 fully saturated rings. The zero-order valence-corrected chi connectivity index (χ0v) is 9.04. The summed E-state index contributed by atoms with van der Waals surface area (Å²) in [6, 6.07) is 0. The minimum atomic E-state index is -0.202. The van der Waals surface area contributed by atoms with E-state index in [1.165, 1.54) is 6.92 Å². The molecule has 0 N–H and O–H groups in total. The minimum absolute atomic E-state index is 0.0371. The van der Waals surface area contributed by atoms with Gasteiger partial charge in [0.15, 0.2) is 0 Å². The number of hydrogen-bond acceptors (Lipinski definition) is 2. The third-order valence-electron chi connectivity index (χ3n) is 1.75. The molecule has 0 saturated heterocycles. The Morgan fingerprint density at radius 3 is 2.38 bits per heavy atom. The highest BCUT2D eigenvalue weighted by Crippen LogP contribution is 2.10. The van der Waals surface area contributed by atoms with Crippen LogP contribution >= 0.6 is 0 Å². The second-order valence-electron chi connectivity index (χ2n) is 3.64. The van der Waals surface area contributed by atoms with Crippen LogP contribution in [0.5, 0.6) is 0 Å². The molecule has 0 aliphatic heterocycles. The molecule has 2 heteroatoms. The van der Waals surface area contributed by atoms with Gasteiger partial charge < -0.3 is 4.74 Å². The smallest absolute Gasteiger partial charge is 0.303 e. The second-order valence-corrected chi connectivity index (χ2v) is 3.64. The van der Waals surface area contributed by atoms with Gasteiger partial charge in [0, 0.05) is 6.92 Å². The maximum atomic E-state index is 10.7. The van der Waals surface area contributed by atoms with E-state index in [1.54, 1.807) is 0 Å². The van der Waals surface area contributed by atoms with Crippen molar-refractivity contribution >= 4 is 5.97 Å². The Kier molecular flexibility index (Phi) is 6.29. The fraction of sp³-hybridized carbons (Fsp3) is 0.727. The molecule has 76 valence electrons.